The van der Waals surface area contributed by atoms with E-state index in [4.69, 9.17) is 4.52 Å². The molecule has 2 aromatic heterocycles. The van der Waals surface area contributed by atoms with Crippen molar-refractivity contribution in [3.8, 4) is 22.8 Å². The van der Waals surface area contributed by atoms with E-state index in [1.165, 1.54) is 5.56 Å². The van der Waals surface area contributed by atoms with Gasteiger partial charge in [0, 0.05) is 18.0 Å². The first kappa shape index (κ1) is 14.4. The molecule has 1 N–H and O–H groups in total. The molecule has 0 saturated carbocycles. The normalized spacial score (nSPS) is 10.9. The molecule has 2 aromatic carbocycles. The molecule has 0 saturated heterocycles. The molecular weight excluding hydrogens is 300 g/mol. The second kappa shape index (κ2) is 5.77. The van der Waals surface area contributed by atoms with Crippen LogP contribution in [0, 0.1) is 6.92 Å². The lowest BCUT2D eigenvalue weighted by molar-refractivity contribution is 0.432. The van der Waals surface area contributed by atoms with Gasteiger partial charge in [-0.25, -0.2) is 4.98 Å². The Kier molecular flexibility index (Phi) is 3.46. The topological polar surface area (TPSA) is 63.8 Å². The zero-order valence-electron chi connectivity index (χ0n) is 13.4. The van der Waals surface area contributed by atoms with Crippen molar-refractivity contribution in [2.24, 2.45) is 0 Å². The van der Waals surface area contributed by atoms with Gasteiger partial charge >= 0.3 is 0 Å². The summed E-state index contributed by atoms with van der Waals surface area (Å²) < 4.78 is 5.42. The van der Waals surface area contributed by atoms with Crippen LogP contribution in [0.3, 0.4) is 0 Å². The molecule has 4 rings (SSSR count). The molecular formula is C19H16N4O. The van der Waals surface area contributed by atoms with E-state index >= 15 is 0 Å². The Balaban J connectivity index is 1.85. The number of nitrogens with zero attached hydrogens (tertiary/aromatic N) is 3. The minimum atomic E-state index is 0.497. The van der Waals surface area contributed by atoms with E-state index in [0.29, 0.717) is 11.7 Å². The molecule has 0 aliphatic rings. The highest BCUT2D eigenvalue weighted by molar-refractivity contribution is 5.88. The first-order chi connectivity index (χ1) is 11.7. The largest absolute Gasteiger partial charge is 0.373 e. The van der Waals surface area contributed by atoms with E-state index in [-0.39, 0.29) is 0 Å². The molecule has 0 unspecified atom stereocenters. The van der Waals surface area contributed by atoms with Gasteiger partial charge in [-0.15, -0.1) is 0 Å². The van der Waals surface area contributed by atoms with Gasteiger partial charge in [0.05, 0.1) is 11.1 Å². The summed E-state index contributed by atoms with van der Waals surface area (Å²) in [6.07, 6.45) is 0. The highest BCUT2D eigenvalue weighted by Crippen LogP contribution is 2.30. The number of fused-ring (bicyclic) bond motifs is 1. The van der Waals surface area contributed by atoms with Gasteiger partial charge in [-0.05, 0) is 37.3 Å². The van der Waals surface area contributed by atoms with Crippen LogP contribution in [0.1, 0.15) is 5.56 Å². The Hall–Kier alpha value is -3.21. The molecule has 5 nitrogen and oxygen atoms in total. The van der Waals surface area contributed by atoms with Crippen molar-refractivity contribution in [3.63, 3.8) is 0 Å². The maximum atomic E-state index is 5.42. The fraction of sp³-hybridized carbons (Fsp3) is 0.105. The lowest BCUT2D eigenvalue weighted by Gasteiger charge is -2.07. The summed E-state index contributed by atoms with van der Waals surface area (Å²) in [5, 5.41) is 8.30. The summed E-state index contributed by atoms with van der Waals surface area (Å²) in [6.45, 7) is 2.06. The van der Waals surface area contributed by atoms with E-state index < -0.39 is 0 Å². The zero-order chi connectivity index (χ0) is 16.5. The number of benzene rings is 2. The maximum Gasteiger partial charge on any atom is 0.258 e. The highest BCUT2D eigenvalue weighted by atomic mass is 16.5. The smallest absolute Gasteiger partial charge is 0.258 e. The minimum Gasteiger partial charge on any atom is -0.373 e. The quantitative estimate of drug-likeness (QED) is 0.610. The van der Waals surface area contributed by atoms with E-state index in [9.17, 15) is 0 Å². The Labute approximate surface area is 139 Å². The lowest BCUT2D eigenvalue weighted by atomic mass is 10.1. The van der Waals surface area contributed by atoms with Gasteiger partial charge in [-0.2, -0.15) is 4.98 Å². The minimum absolute atomic E-state index is 0.497. The second-order valence-corrected chi connectivity index (χ2v) is 5.62. The molecule has 2 heterocycles. The van der Waals surface area contributed by atoms with Gasteiger partial charge in [-0.3, -0.25) is 0 Å². The third kappa shape index (κ3) is 2.50. The Morgan fingerprint density at radius 3 is 2.58 bits per heavy atom. The number of anilines is 1. The van der Waals surface area contributed by atoms with E-state index in [0.717, 1.165) is 27.8 Å². The van der Waals surface area contributed by atoms with Crippen LogP contribution in [0.5, 0.6) is 0 Å². The number of hydrogen-bond acceptors (Lipinski definition) is 5. The van der Waals surface area contributed by atoms with Gasteiger partial charge in [-0.1, -0.05) is 35.0 Å². The number of aryl methyl sites for hydroxylation is 1. The molecule has 0 atom stereocenters. The molecule has 0 bridgehead atoms. The van der Waals surface area contributed by atoms with Gasteiger partial charge in [0.1, 0.15) is 5.82 Å². The van der Waals surface area contributed by atoms with Crippen molar-refractivity contribution in [3.05, 3.63) is 60.2 Å². The molecule has 0 fully saturated rings. The zero-order valence-corrected chi connectivity index (χ0v) is 13.4. The summed E-state index contributed by atoms with van der Waals surface area (Å²) >= 11 is 0. The number of aromatic nitrogens is 3. The predicted octanol–water partition coefficient (Wildman–Crippen LogP) is 4.30. The van der Waals surface area contributed by atoms with Crippen molar-refractivity contribution < 1.29 is 4.52 Å². The van der Waals surface area contributed by atoms with Crippen LogP contribution in [0.25, 0.3) is 33.7 Å². The molecule has 0 spiro atoms. The van der Waals surface area contributed by atoms with Gasteiger partial charge in [0.2, 0.25) is 5.82 Å². The lowest BCUT2D eigenvalue weighted by Crippen LogP contribution is -1.97. The summed E-state index contributed by atoms with van der Waals surface area (Å²) in [6, 6.07) is 17.9. The molecule has 4 aromatic rings. The summed E-state index contributed by atoms with van der Waals surface area (Å²) in [7, 11) is 1.84. The molecule has 0 aliphatic heterocycles. The number of hydrogen-bond donors (Lipinski definition) is 1. The average molecular weight is 316 g/mol. The van der Waals surface area contributed by atoms with Crippen LogP contribution in [0.4, 0.5) is 5.82 Å². The number of rotatable bonds is 3. The van der Waals surface area contributed by atoms with Crippen LogP contribution in [0.15, 0.2) is 59.1 Å². The molecule has 118 valence electrons. The van der Waals surface area contributed by atoms with E-state index in [2.05, 4.69) is 39.5 Å². The van der Waals surface area contributed by atoms with Crippen molar-refractivity contribution in [2.75, 3.05) is 12.4 Å². The third-order valence-electron chi connectivity index (χ3n) is 3.89. The van der Waals surface area contributed by atoms with E-state index in [1.54, 1.807) is 0 Å². The third-order valence-corrected chi connectivity index (χ3v) is 3.89. The Bertz CT molecular complexity index is 1010. The molecule has 0 aliphatic carbocycles. The second-order valence-electron chi connectivity index (χ2n) is 5.62. The van der Waals surface area contributed by atoms with Crippen molar-refractivity contribution in [2.45, 2.75) is 6.92 Å². The molecule has 5 heteroatoms. The van der Waals surface area contributed by atoms with Crippen LogP contribution < -0.4 is 5.32 Å². The maximum absolute atomic E-state index is 5.42. The number of nitrogens with one attached hydrogen (secondary N) is 1. The van der Waals surface area contributed by atoms with Crippen molar-refractivity contribution in [1.29, 1.82) is 0 Å². The Morgan fingerprint density at radius 2 is 1.79 bits per heavy atom. The Morgan fingerprint density at radius 1 is 0.958 bits per heavy atom. The number of pyridine rings is 1. The molecule has 0 radical (unpaired) electrons. The highest BCUT2D eigenvalue weighted by Gasteiger charge is 2.15. The van der Waals surface area contributed by atoms with Crippen LogP contribution >= 0.6 is 0 Å². The first-order valence-electron chi connectivity index (χ1n) is 7.73. The summed E-state index contributed by atoms with van der Waals surface area (Å²) in [4.78, 5) is 9.19. The van der Waals surface area contributed by atoms with E-state index in [1.807, 2.05) is 49.5 Å². The van der Waals surface area contributed by atoms with Crippen molar-refractivity contribution in [1.82, 2.24) is 15.1 Å². The fourth-order valence-corrected chi connectivity index (χ4v) is 2.69. The van der Waals surface area contributed by atoms with Crippen LogP contribution in [0.2, 0.25) is 0 Å². The van der Waals surface area contributed by atoms with Crippen LogP contribution in [-0.4, -0.2) is 22.2 Å². The standard InChI is InChI=1S/C19H16N4O/c1-12-8-9-16-14(10-12)11-15(17(20-2)21-16)18-22-19(24-23-18)13-6-4-3-5-7-13/h3-11H,1-2H3,(H,20,21). The molecule has 0 amide bonds. The van der Waals surface area contributed by atoms with Gasteiger partial charge in [0.25, 0.3) is 5.89 Å². The van der Waals surface area contributed by atoms with Crippen molar-refractivity contribution >= 4 is 16.7 Å². The predicted molar refractivity (Wildman–Crippen MR) is 94.8 cm³/mol. The first-order valence-corrected chi connectivity index (χ1v) is 7.73. The average Bonchev–Trinajstić information content (AvgIpc) is 3.11. The van der Waals surface area contributed by atoms with Gasteiger partial charge < -0.3 is 9.84 Å². The fourth-order valence-electron chi connectivity index (χ4n) is 2.69. The van der Waals surface area contributed by atoms with Gasteiger partial charge in [0.15, 0.2) is 0 Å². The summed E-state index contributed by atoms with van der Waals surface area (Å²) in [5.41, 5.74) is 3.83. The SMILES string of the molecule is CNc1nc2ccc(C)cc2cc1-c1noc(-c2ccccc2)n1. The monoisotopic (exact) mass is 316 g/mol. The molecule has 24 heavy (non-hydrogen) atoms. The van der Waals surface area contributed by atoms with Crippen LogP contribution in [-0.2, 0) is 0 Å². The summed E-state index contributed by atoms with van der Waals surface area (Å²) in [5.74, 6) is 1.75.